The molecule has 0 radical (unpaired) electrons. The number of halogens is 4. The Morgan fingerprint density at radius 1 is 1.11 bits per heavy atom. The Morgan fingerprint density at radius 2 is 1.89 bits per heavy atom. The van der Waals surface area contributed by atoms with Gasteiger partial charge in [0.25, 0.3) is 0 Å². The van der Waals surface area contributed by atoms with E-state index in [9.17, 15) is 13.2 Å². The molecule has 1 aliphatic rings. The van der Waals surface area contributed by atoms with Gasteiger partial charge in [-0.3, -0.25) is 9.38 Å². The molecule has 27 heavy (non-hydrogen) atoms. The molecule has 0 unspecified atom stereocenters. The van der Waals surface area contributed by atoms with Crippen LogP contribution in [0.15, 0.2) is 36.7 Å². The van der Waals surface area contributed by atoms with Crippen molar-refractivity contribution in [1.29, 1.82) is 0 Å². The Kier molecular flexibility index (Phi) is 4.67. The average molecular weight is 396 g/mol. The van der Waals surface area contributed by atoms with Crippen LogP contribution in [0, 0.1) is 0 Å². The molecule has 0 atom stereocenters. The van der Waals surface area contributed by atoms with Crippen LogP contribution in [0.1, 0.15) is 30.3 Å². The van der Waals surface area contributed by atoms with Crippen molar-refractivity contribution in [2.45, 2.75) is 31.4 Å². The Balaban J connectivity index is 1.54. The van der Waals surface area contributed by atoms with Gasteiger partial charge in [-0.25, -0.2) is 0 Å². The summed E-state index contributed by atoms with van der Waals surface area (Å²) in [6, 6.07) is 7.67. The third-order valence-electron chi connectivity index (χ3n) is 4.87. The molecule has 9 heteroatoms. The molecule has 0 aliphatic carbocycles. The summed E-state index contributed by atoms with van der Waals surface area (Å²) in [5, 5.41) is 7.85. The highest BCUT2D eigenvalue weighted by molar-refractivity contribution is 6.36. The summed E-state index contributed by atoms with van der Waals surface area (Å²) in [7, 11) is 0. The van der Waals surface area contributed by atoms with Crippen molar-refractivity contribution in [3.8, 4) is 0 Å². The van der Waals surface area contributed by atoms with Gasteiger partial charge in [-0.2, -0.15) is 13.2 Å². The second-order valence-electron chi connectivity index (χ2n) is 6.63. The molecule has 0 bridgehead atoms. The topological polar surface area (TPSA) is 46.3 Å². The number of alkyl halides is 3. The van der Waals surface area contributed by atoms with E-state index in [4.69, 9.17) is 11.6 Å². The van der Waals surface area contributed by atoms with Crippen LogP contribution in [0.4, 0.5) is 18.9 Å². The second kappa shape index (κ2) is 6.99. The standard InChI is InChI=1S/C18H17ClF3N5/c19-16-14(6-10-27-15(11-18(20,21)22)24-25-17(16)27)26-8-4-12(5-9-26)13-3-1-2-7-23-13/h1-3,6-7,10,12H,4-5,8-9,11H2. The molecule has 3 aromatic rings. The first-order chi connectivity index (χ1) is 12.9. The van der Waals surface area contributed by atoms with Crippen LogP contribution in [-0.4, -0.2) is 38.8 Å². The largest absolute Gasteiger partial charge is 0.396 e. The van der Waals surface area contributed by atoms with Crippen molar-refractivity contribution in [1.82, 2.24) is 19.6 Å². The summed E-state index contributed by atoms with van der Waals surface area (Å²) in [6.45, 7) is 1.58. The number of nitrogens with zero attached hydrogens (tertiary/aromatic N) is 5. The number of hydrogen-bond acceptors (Lipinski definition) is 4. The van der Waals surface area contributed by atoms with Crippen molar-refractivity contribution >= 4 is 22.9 Å². The highest BCUT2D eigenvalue weighted by Gasteiger charge is 2.31. The van der Waals surface area contributed by atoms with E-state index in [1.807, 2.05) is 18.2 Å². The van der Waals surface area contributed by atoms with Gasteiger partial charge in [0.15, 0.2) is 5.65 Å². The number of pyridine rings is 2. The molecule has 0 N–H and O–H groups in total. The molecular formula is C18H17ClF3N5. The van der Waals surface area contributed by atoms with Crippen LogP contribution in [-0.2, 0) is 6.42 Å². The fraction of sp³-hybridized carbons (Fsp3) is 0.389. The molecule has 1 fully saturated rings. The lowest BCUT2D eigenvalue weighted by atomic mass is 9.93. The summed E-state index contributed by atoms with van der Waals surface area (Å²) in [4.78, 5) is 6.57. The van der Waals surface area contributed by atoms with Crippen LogP contribution >= 0.6 is 11.6 Å². The monoisotopic (exact) mass is 395 g/mol. The zero-order chi connectivity index (χ0) is 19.0. The average Bonchev–Trinajstić information content (AvgIpc) is 3.05. The SMILES string of the molecule is FC(F)(F)Cc1nnc2c(Cl)c(N3CCC(c4ccccn4)CC3)ccn12. The molecular weight excluding hydrogens is 379 g/mol. The van der Waals surface area contributed by atoms with Gasteiger partial charge in [0, 0.05) is 37.1 Å². The van der Waals surface area contributed by atoms with Gasteiger partial charge in [-0.05, 0) is 31.0 Å². The highest BCUT2D eigenvalue weighted by atomic mass is 35.5. The zero-order valence-electron chi connectivity index (χ0n) is 14.3. The Bertz CT molecular complexity index is 933. The van der Waals surface area contributed by atoms with E-state index in [1.165, 1.54) is 4.40 Å². The van der Waals surface area contributed by atoms with Crippen LogP contribution in [0.25, 0.3) is 5.65 Å². The van der Waals surface area contributed by atoms with E-state index in [0.717, 1.165) is 37.3 Å². The second-order valence-corrected chi connectivity index (χ2v) is 7.01. The summed E-state index contributed by atoms with van der Waals surface area (Å²) in [5.41, 5.74) is 2.11. The molecule has 3 aromatic heterocycles. The predicted molar refractivity (Wildman–Crippen MR) is 96.2 cm³/mol. The fourth-order valence-corrected chi connectivity index (χ4v) is 3.85. The smallest absolute Gasteiger partial charge is 0.370 e. The summed E-state index contributed by atoms with van der Waals surface area (Å²) in [6.07, 6.45) is -0.255. The lowest BCUT2D eigenvalue weighted by molar-refractivity contribution is -0.128. The maximum Gasteiger partial charge on any atom is 0.396 e. The Labute approximate surface area is 158 Å². The molecule has 142 valence electrons. The molecule has 4 rings (SSSR count). The van der Waals surface area contributed by atoms with Crippen LogP contribution in [0.3, 0.4) is 0 Å². The first-order valence-electron chi connectivity index (χ1n) is 8.67. The number of aromatic nitrogens is 4. The van der Waals surface area contributed by atoms with E-state index in [1.54, 1.807) is 18.5 Å². The minimum absolute atomic E-state index is 0.167. The van der Waals surface area contributed by atoms with Gasteiger partial charge in [-0.1, -0.05) is 17.7 Å². The first-order valence-corrected chi connectivity index (χ1v) is 9.05. The third-order valence-corrected chi connectivity index (χ3v) is 5.23. The fourth-order valence-electron chi connectivity index (χ4n) is 3.54. The number of anilines is 1. The number of fused-ring (bicyclic) bond motifs is 1. The van der Waals surface area contributed by atoms with Gasteiger partial charge in [0.1, 0.15) is 17.3 Å². The number of hydrogen-bond donors (Lipinski definition) is 0. The highest BCUT2D eigenvalue weighted by Crippen LogP contribution is 2.35. The zero-order valence-corrected chi connectivity index (χ0v) is 15.1. The maximum absolute atomic E-state index is 12.7. The molecule has 1 saturated heterocycles. The normalized spacial score (nSPS) is 16.2. The maximum atomic E-state index is 12.7. The van der Waals surface area contributed by atoms with E-state index >= 15 is 0 Å². The van der Waals surface area contributed by atoms with Gasteiger partial charge in [0.2, 0.25) is 0 Å². The van der Waals surface area contributed by atoms with Crippen molar-refractivity contribution in [3.63, 3.8) is 0 Å². The first kappa shape index (κ1) is 18.0. The van der Waals surface area contributed by atoms with E-state index < -0.39 is 12.6 Å². The molecule has 4 heterocycles. The Hall–Kier alpha value is -2.35. The quantitative estimate of drug-likeness (QED) is 0.664. The van der Waals surface area contributed by atoms with Crippen LogP contribution < -0.4 is 4.90 Å². The number of rotatable bonds is 3. The number of piperidine rings is 1. The van der Waals surface area contributed by atoms with Crippen molar-refractivity contribution in [2.75, 3.05) is 18.0 Å². The summed E-state index contributed by atoms with van der Waals surface area (Å²) in [5.74, 6) is 0.233. The predicted octanol–water partition coefficient (Wildman–Crippen LogP) is 4.27. The van der Waals surface area contributed by atoms with Gasteiger partial charge in [0.05, 0.1) is 5.69 Å². The Morgan fingerprint density at radius 3 is 2.56 bits per heavy atom. The minimum atomic E-state index is -4.35. The molecule has 0 amide bonds. The van der Waals surface area contributed by atoms with Crippen molar-refractivity contribution < 1.29 is 13.2 Å². The summed E-state index contributed by atoms with van der Waals surface area (Å²) >= 11 is 6.45. The minimum Gasteiger partial charge on any atom is -0.370 e. The molecule has 0 aromatic carbocycles. The van der Waals surface area contributed by atoms with E-state index in [-0.39, 0.29) is 11.5 Å². The van der Waals surface area contributed by atoms with Gasteiger partial charge < -0.3 is 4.90 Å². The van der Waals surface area contributed by atoms with Crippen LogP contribution in [0.2, 0.25) is 5.02 Å². The van der Waals surface area contributed by atoms with Crippen molar-refractivity contribution in [2.24, 2.45) is 0 Å². The molecule has 1 aliphatic heterocycles. The van der Waals surface area contributed by atoms with E-state index in [2.05, 4.69) is 20.1 Å². The third kappa shape index (κ3) is 3.71. The van der Waals surface area contributed by atoms with E-state index in [0.29, 0.717) is 10.9 Å². The van der Waals surface area contributed by atoms with Crippen LogP contribution in [0.5, 0.6) is 0 Å². The lowest BCUT2D eigenvalue weighted by Gasteiger charge is -2.33. The van der Waals surface area contributed by atoms with Gasteiger partial charge in [-0.15, -0.1) is 10.2 Å². The lowest BCUT2D eigenvalue weighted by Crippen LogP contribution is -2.33. The van der Waals surface area contributed by atoms with Gasteiger partial charge >= 0.3 is 6.18 Å². The van der Waals surface area contributed by atoms with Crippen molar-refractivity contribution in [3.05, 3.63) is 53.2 Å². The summed E-state index contributed by atoms with van der Waals surface area (Å²) < 4.78 is 39.3. The molecule has 0 spiro atoms. The molecule has 0 saturated carbocycles. The molecule has 5 nitrogen and oxygen atoms in total.